The molecular weight excluding hydrogens is 396 g/mol. The maximum Gasteiger partial charge on any atom is 0.312 e. The first kappa shape index (κ1) is 20.9. The van der Waals surface area contributed by atoms with Gasteiger partial charge in [0.25, 0.3) is 5.56 Å². The van der Waals surface area contributed by atoms with Crippen LogP contribution in [0, 0.1) is 5.41 Å². The third-order valence-electron chi connectivity index (χ3n) is 5.08. The van der Waals surface area contributed by atoms with Crippen LogP contribution in [0.15, 0.2) is 17.4 Å². The van der Waals surface area contributed by atoms with Crippen LogP contribution in [0.2, 0.25) is 0 Å². The molecule has 0 unspecified atom stereocenters. The van der Waals surface area contributed by atoms with E-state index in [9.17, 15) is 14.7 Å². The van der Waals surface area contributed by atoms with E-state index in [1.165, 1.54) is 17.2 Å². The summed E-state index contributed by atoms with van der Waals surface area (Å²) in [5.74, 6) is -1.25. The molecule has 11 heteroatoms. The Kier molecular flexibility index (Phi) is 4.96. The Balaban J connectivity index is 1.62. The maximum absolute atomic E-state index is 12.8. The van der Waals surface area contributed by atoms with Crippen molar-refractivity contribution < 1.29 is 28.8 Å². The van der Waals surface area contributed by atoms with Gasteiger partial charge in [0.05, 0.1) is 18.3 Å². The Labute approximate surface area is 172 Å². The van der Waals surface area contributed by atoms with Gasteiger partial charge < -0.3 is 24.1 Å². The second kappa shape index (κ2) is 7.12. The van der Waals surface area contributed by atoms with Gasteiger partial charge in [-0.25, -0.2) is 9.97 Å². The van der Waals surface area contributed by atoms with Crippen molar-refractivity contribution in [2.45, 2.75) is 71.7 Å². The highest BCUT2D eigenvalue weighted by Gasteiger charge is 2.56. The summed E-state index contributed by atoms with van der Waals surface area (Å²) in [4.78, 5) is 33.3. The number of aromatic nitrogens is 4. The summed E-state index contributed by atoms with van der Waals surface area (Å²) >= 11 is 0. The first-order chi connectivity index (χ1) is 14.0. The van der Waals surface area contributed by atoms with Gasteiger partial charge in [-0.2, -0.15) is 0 Å². The zero-order valence-electron chi connectivity index (χ0n) is 17.6. The van der Waals surface area contributed by atoms with Crippen molar-refractivity contribution in [1.82, 2.24) is 19.1 Å². The summed E-state index contributed by atoms with van der Waals surface area (Å²) < 4.78 is 25.7. The van der Waals surface area contributed by atoms with E-state index in [4.69, 9.17) is 18.9 Å². The van der Waals surface area contributed by atoms with Crippen LogP contribution in [-0.4, -0.2) is 60.9 Å². The molecule has 0 saturated carbocycles. The van der Waals surface area contributed by atoms with E-state index in [0.717, 1.165) is 0 Å². The fourth-order valence-electron chi connectivity index (χ4n) is 3.60. The summed E-state index contributed by atoms with van der Waals surface area (Å²) in [7, 11) is 0. The number of hydrogen-bond donors (Lipinski definition) is 1. The van der Waals surface area contributed by atoms with Crippen molar-refractivity contribution in [2.24, 2.45) is 5.41 Å². The minimum absolute atomic E-state index is 0.107. The minimum atomic E-state index is -0.821. The third-order valence-corrected chi connectivity index (χ3v) is 5.08. The predicted molar refractivity (Wildman–Crippen MR) is 102 cm³/mol. The zero-order chi connectivity index (χ0) is 21.8. The number of hydrogen-bond acceptors (Lipinski definition) is 9. The van der Waals surface area contributed by atoms with Gasteiger partial charge in [-0.3, -0.25) is 18.7 Å². The molecule has 11 nitrogen and oxygen atoms in total. The molecule has 2 aliphatic rings. The van der Waals surface area contributed by atoms with E-state index >= 15 is 0 Å². The highest BCUT2D eigenvalue weighted by molar-refractivity contribution is 5.75. The van der Waals surface area contributed by atoms with Crippen molar-refractivity contribution in [3.63, 3.8) is 0 Å². The van der Waals surface area contributed by atoms with Crippen molar-refractivity contribution >= 4 is 17.1 Å². The van der Waals surface area contributed by atoms with E-state index in [1.54, 1.807) is 39.2 Å². The first-order valence-corrected chi connectivity index (χ1v) is 9.73. The van der Waals surface area contributed by atoms with E-state index in [1.807, 2.05) is 0 Å². The number of carbonyl (C=O) groups excluding carboxylic acids is 1. The Morgan fingerprint density at radius 2 is 1.93 bits per heavy atom. The molecule has 1 N–H and O–H groups in total. The van der Waals surface area contributed by atoms with Gasteiger partial charge in [0.2, 0.25) is 0 Å². The fourth-order valence-corrected chi connectivity index (χ4v) is 3.60. The van der Waals surface area contributed by atoms with E-state index < -0.39 is 47.3 Å². The van der Waals surface area contributed by atoms with Crippen LogP contribution in [0.3, 0.4) is 0 Å². The highest BCUT2D eigenvalue weighted by atomic mass is 16.8. The highest BCUT2D eigenvalue weighted by Crippen LogP contribution is 2.43. The molecular formula is C19H26N4O7. The second-order valence-corrected chi connectivity index (χ2v) is 8.97. The van der Waals surface area contributed by atoms with Crippen LogP contribution in [0.4, 0.5) is 0 Å². The molecule has 164 valence electrons. The Hall–Kier alpha value is -2.34. The summed E-state index contributed by atoms with van der Waals surface area (Å²) in [5.41, 5.74) is -0.721. The number of ether oxygens (including phenoxy) is 4. The van der Waals surface area contributed by atoms with Crippen LogP contribution in [0.1, 0.15) is 40.8 Å². The van der Waals surface area contributed by atoms with Gasteiger partial charge in [-0.1, -0.05) is 0 Å². The fraction of sp³-hybridized carbons (Fsp3) is 0.684. The first-order valence-electron chi connectivity index (χ1n) is 9.73. The molecule has 30 heavy (non-hydrogen) atoms. The van der Waals surface area contributed by atoms with E-state index in [2.05, 4.69) is 9.97 Å². The van der Waals surface area contributed by atoms with Crippen LogP contribution >= 0.6 is 0 Å². The standard InChI is InChI=1S/C19H26N4O7/c1-18(2,3)17(26)27-9-22-7-21-14-11(15(22)25)20-8-23(14)16-13-12(10(6-24)28-16)29-19(4,5)30-13/h7-8,10,12-13,16,24H,6,9H2,1-5H3/t10-,12-,13-,16-/m1/s1. The summed E-state index contributed by atoms with van der Waals surface area (Å²) in [5, 5.41) is 9.66. The number of carbonyl (C=O) groups is 1. The molecule has 0 bridgehead atoms. The lowest BCUT2D eigenvalue weighted by atomic mass is 9.98. The lowest BCUT2D eigenvalue weighted by molar-refractivity contribution is -0.199. The molecule has 4 heterocycles. The average Bonchev–Trinajstić information content (AvgIpc) is 3.30. The van der Waals surface area contributed by atoms with Gasteiger partial charge in [-0.15, -0.1) is 0 Å². The van der Waals surface area contributed by atoms with Crippen LogP contribution < -0.4 is 5.56 Å². The number of aliphatic hydroxyl groups is 1. The molecule has 2 aromatic heterocycles. The molecule has 2 aromatic rings. The molecule has 4 rings (SSSR count). The minimum Gasteiger partial charge on any atom is -0.443 e. The Morgan fingerprint density at radius 1 is 1.23 bits per heavy atom. The number of rotatable bonds is 4. The van der Waals surface area contributed by atoms with Crippen LogP contribution in [0.5, 0.6) is 0 Å². The monoisotopic (exact) mass is 422 g/mol. The van der Waals surface area contributed by atoms with Crippen molar-refractivity contribution in [1.29, 1.82) is 0 Å². The molecule has 0 radical (unpaired) electrons. The van der Waals surface area contributed by atoms with Crippen LogP contribution in [0.25, 0.3) is 11.2 Å². The summed E-state index contributed by atoms with van der Waals surface area (Å²) in [6.45, 7) is 8.27. The Bertz CT molecular complexity index is 1020. The summed E-state index contributed by atoms with van der Waals surface area (Å²) in [6, 6.07) is 0. The SMILES string of the molecule is CC1(C)O[C@@H]2[C@H](O1)[C@@H](CO)O[C@H]2n1cnc2c(=O)n(COC(=O)C(C)(C)C)cnc21. The molecule has 4 atom stereocenters. The van der Waals surface area contributed by atoms with Gasteiger partial charge in [0, 0.05) is 0 Å². The molecule has 2 fully saturated rings. The second-order valence-electron chi connectivity index (χ2n) is 8.97. The molecule has 0 aromatic carbocycles. The molecule has 2 aliphatic heterocycles. The quantitative estimate of drug-likeness (QED) is 0.703. The van der Waals surface area contributed by atoms with Crippen molar-refractivity contribution in [2.75, 3.05) is 6.61 Å². The van der Waals surface area contributed by atoms with E-state index in [0.29, 0.717) is 5.65 Å². The molecule has 2 saturated heterocycles. The number of imidazole rings is 1. The lowest BCUT2D eigenvalue weighted by Gasteiger charge is -2.24. The Morgan fingerprint density at radius 3 is 2.60 bits per heavy atom. The molecule has 0 amide bonds. The van der Waals surface area contributed by atoms with Crippen molar-refractivity contribution in [3.05, 3.63) is 23.0 Å². The van der Waals surface area contributed by atoms with Crippen molar-refractivity contribution in [3.8, 4) is 0 Å². The topological polar surface area (TPSA) is 127 Å². The lowest BCUT2D eigenvalue weighted by Crippen LogP contribution is -2.31. The van der Waals surface area contributed by atoms with Gasteiger partial charge in [0.1, 0.15) is 24.6 Å². The smallest absolute Gasteiger partial charge is 0.312 e. The predicted octanol–water partition coefficient (Wildman–Crippen LogP) is 0.550. The maximum atomic E-state index is 12.8. The largest absolute Gasteiger partial charge is 0.443 e. The normalized spacial score (nSPS) is 28.1. The van der Waals surface area contributed by atoms with Crippen LogP contribution in [-0.2, 0) is 30.5 Å². The van der Waals surface area contributed by atoms with Gasteiger partial charge in [-0.05, 0) is 34.6 Å². The number of esters is 1. The van der Waals surface area contributed by atoms with Gasteiger partial charge >= 0.3 is 5.97 Å². The van der Waals surface area contributed by atoms with Gasteiger partial charge in [0.15, 0.2) is 29.9 Å². The molecule has 0 spiro atoms. The third kappa shape index (κ3) is 3.51. The summed E-state index contributed by atoms with van der Waals surface area (Å²) in [6.07, 6.45) is 0.554. The van der Waals surface area contributed by atoms with E-state index in [-0.39, 0.29) is 18.9 Å². The average molecular weight is 422 g/mol. The number of aliphatic hydroxyl groups excluding tert-OH is 1. The number of nitrogens with zero attached hydrogens (tertiary/aromatic N) is 4. The molecule has 0 aliphatic carbocycles. The number of fused-ring (bicyclic) bond motifs is 2. The zero-order valence-corrected chi connectivity index (χ0v) is 17.6.